The van der Waals surface area contributed by atoms with E-state index in [4.69, 9.17) is 0 Å². The first-order valence-corrected chi connectivity index (χ1v) is 9.05. The molecule has 0 bridgehead atoms. The average Bonchev–Trinajstić information content (AvgIpc) is 3.18. The highest BCUT2D eigenvalue weighted by atomic mass is 19.1. The van der Waals surface area contributed by atoms with Gasteiger partial charge in [-0.2, -0.15) is 10.2 Å². The molecule has 7 nitrogen and oxygen atoms in total. The van der Waals surface area contributed by atoms with Crippen LogP contribution in [0.5, 0.6) is 0 Å². The Hall–Kier alpha value is -3.81. The topological polar surface area (TPSA) is 81.8 Å². The van der Waals surface area contributed by atoms with Crippen molar-refractivity contribution in [2.24, 2.45) is 0 Å². The van der Waals surface area contributed by atoms with Crippen molar-refractivity contribution in [2.75, 3.05) is 0 Å². The maximum atomic E-state index is 13.0. The van der Waals surface area contributed by atoms with E-state index in [9.17, 15) is 14.0 Å². The molecule has 0 aliphatic carbocycles. The van der Waals surface area contributed by atoms with Crippen LogP contribution in [0.15, 0.2) is 65.6 Å². The summed E-state index contributed by atoms with van der Waals surface area (Å²) in [7, 11) is 0. The van der Waals surface area contributed by atoms with Crippen molar-refractivity contribution in [1.29, 1.82) is 0 Å². The van der Waals surface area contributed by atoms with Gasteiger partial charge >= 0.3 is 0 Å². The Balaban J connectivity index is 1.60. The maximum absolute atomic E-state index is 13.0. The van der Waals surface area contributed by atoms with Gasteiger partial charge in [-0.3, -0.25) is 9.59 Å². The zero-order chi connectivity index (χ0) is 20.4. The van der Waals surface area contributed by atoms with Crippen molar-refractivity contribution in [3.63, 3.8) is 0 Å². The first-order chi connectivity index (χ1) is 14.0. The van der Waals surface area contributed by atoms with Gasteiger partial charge in [0.1, 0.15) is 17.9 Å². The Morgan fingerprint density at radius 2 is 1.83 bits per heavy atom. The molecule has 0 aliphatic heterocycles. The van der Waals surface area contributed by atoms with Crippen LogP contribution in [0, 0.1) is 12.7 Å². The minimum atomic E-state index is -0.399. The molecule has 4 rings (SSSR count). The van der Waals surface area contributed by atoms with Gasteiger partial charge in [0.2, 0.25) is 5.91 Å². The maximum Gasteiger partial charge on any atom is 0.293 e. The number of aromatic nitrogens is 4. The lowest BCUT2D eigenvalue weighted by Gasteiger charge is -2.09. The quantitative estimate of drug-likeness (QED) is 0.566. The summed E-state index contributed by atoms with van der Waals surface area (Å²) in [6.07, 6.45) is 1.60. The Morgan fingerprint density at radius 1 is 1.10 bits per heavy atom. The van der Waals surface area contributed by atoms with Crippen LogP contribution in [0.3, 0.4) is 0 Å². The number of halogens is 1. The van der Waals surface area contributed by atoms with E-state index in [1.165, 1.54) is 12.1 Å². The second kappa shape index (κ2) is 7.67. The third-order valence-electron chi connectivity index (χ3n) is 4.56. The number of nitrogens with zero attached hydrogens (tertiary/aromatic N) is 4. The molecular weight excluding hydrogens is 373 g/mol. The van der Waals surface area contributed by atoms with Crippen molar-refractivity contribution < 1.29 is 9.18 Å². The SMILES string of the molecule is Cc1nn(CC(=O)NCc2ccc(F)cc2)c(=O)c2c1cnn2-c1ccccc1. The van der Waals surface area contributed by atoms with Gasteiger partial charge in [-0.25, -0.2) is 13.8 Å². The van der Waals surface area contributed by atoms with Crippen molar-refractivity contribution in [3.8, 4) is 5.69 Å². The van der Waals surface area contributed by atoms with E-state index in [0.29, 0.717) is 16.6 Å². The molecule has 0 radical (unpaired) electrons. The van der Waals surface area contributed by atoms with Crippen molar-refractivity contribution in [3.05, 3.63) is 88.2 Å². The zero-order valence-corrected chi connectivity index (χ0v) is 15.7. The summed E-state index contributed by atoms with van der Waals surface area (Å²) in [6.45, 7) is 1.78. The second-order valence-electron chi connectivity index (χ2n) is 6.61. The molecule has 0 atom stereocenters. The molecule has 1 amide bonds. The fourth-order valence-corrected chi connectivity index (χ4v) is 3.09. The number of amides is 1. The van der Waals surface area contributed by atoms with Gasteiger partial charge in [0.05, 0.1) is 17.6 Å². The summed E-state index contributed by atoms with van der Waals surface area (Å²) in [6, 6.07) is 15.1. The second-order valence-corrected chi connectivity index (χ2v) is 6.61. The minimum absolute atomic E-state index is 0.225. The van der Waals surface area contributed by atoms with Crippen LogP contribution in [0.1, 0.15) is 11.3 Å². The first-order valence-electron chi connectivity index (χ1n) is 9.05. The van der Waals surface area contributed by atoms with E-state index in [0.717, 1.165) is 15.9 Å². The monoisotopic (exact) mass is 391 g/mol. The van der Waals surface area contributed by atoms with Crippen LogP contribution in [0.2, 0.25) is 0 Å². The average molecular weight is 391 g/mol. The number of hydrogen-bond donors (Lipinski definition) is 1. The van der Waals surface area contributed by atoms with Crippen LogP contribution >= 0.6 is 0 Å². The predicted octanol–water partition coefficient (Wildman–Crippen LogP) is 2.35. The summed E-state index contributed by atoms with van der Waals surface area (Å²) in [5, 5.41) is 11.9. The van der Waals surface area contributed by atoms with Crippen LogP contribution < -0.4 is 10.9 Å². The molecule has 2 aromatic heterocycles. The summed E-state index contributed by atoms with van der Waals surface area (Å²) in [4.78, 5) is 25.3. The van der Waals surface area contributed by atoms with E-state index >= 15 is 0 Å². The fourth-order valence-electron chi connectivity index (χ4n) is 3.09. The first kappa shape index (κ1) is 18.5. The molecule has 0 saturated heterocycles. The number of carbonyl (C=O) groups is 1. The van der Waals surface area contributed by atoms with Crippen LogP contribution in [0.25, 0.3) is 16.6 Å². The summed E-state index contributed by atoms with van der Waals surface area (Å²) < 4.78 is 15.7. The summed E-state index contributed by atoms with van der Waals surface area (Å²) in [5.41, 5.74) is 2.08. The molecule has 2 heterocycles. The highest BCUT2D eigenvalue weighted by Gasteiger charge is 2.16. The summed E-state index contributed by atoms with van der Waals surface area (Å²) in [5.74, 6) is -0.705. The highest BCUT2D eigenvalue weighted by molar-refractivity contribution is 5.82. The number of fused-ring (bicyclic) bond motifs is 1. The molecule has 8 heteroatoms. The minimum Gasteiger partial charge on any atom is -0.350 e. The number of aryl methyl sites for hydroxylation is 1. The van der Waals surface area contributed by atoms with E-state index in [1.54, 1.807) is 29.9 Å². The number of benzene rings is 2. The standard InChI is InChI=1S/C21H18FN5O2/c1-14-18-12-24-27(17-5-3-2-4-6-17)20(18)21(29)26(25-14)13-19(28)23-11-15-7-9-16(22)10-8-15/h2-10,12H,11,13H2,1H3,(H,23,28). The Morgan fingerprint density at radius 3 is 2.55 bits per heavy atom. The van der Waals surface area contributed by atoms with Gasteiger partial charge < -0.3 is 5.32 Å². The predicted molar refractivity (Wildman–Crippen MR) is 106 cm³/mol. The fraction of sp³-hybridized carbons (Fsp3) is 0.143. The van der Waals surface area contributed by atoms with E-state index in [-0.39, 0.29) is 24.8 Å². The lowest BCUT2D eigenvalue weighted by Crippen LogP contribution is -2.34. The van der Waals surface area contributed by atoms with Crippen molar-refractivity contribution in [1.82, 2.24) is 24.9 Å². The van der Waals surface area contributed by atoms with Crippen molar-refractivity contribution >= 4 is 16.8 Å². The normalized spacial score (nSPS) is 11.0. The third-order valence-corrected chi connectivity index (χ3v) is 4.56. The molecule has 146 valence electrons. The van der Waals surface area contributed by atoms with E-state index in [2.05, 4.69) is 15.5 Å². The Bertz CT molecular complexity index is 1230. The molecule has 0 spiro atoms. The van der Waals surface area contributed by atoms with Gasteiger partial charge in [-0.15, -0.1) is 0 Å². The molecule has 1 N–H and O–H groups in total. The third kappa shape index (κ3) is 3.77. The zero-order valence-electron chi connectivity index (χ0n) is 15.7. The van der Waals surface area contributed by atoms with Gasteiger partial charge in [0.25, 0.3) is 5.56 Å². The molecular formula is C21H18FN5O2. The van der Waals surface area contributed by atoms with Crippen molar-refractivity contribution in [2.45, 2.75) is 20.0 Å². The Labute approximate surface area is 165 Å². The lowest BCUT2D eigenvalue weighted by atomic mass is 10.2. The highest BCUT2D eigenvalue weighted by Crippen LogP contribution is 2.16. The van der Waals surface area contributed by atoms with Gasteiger partial charge in [0.15, 0.2) is 0 Å². The number of para-hydroxylation sites is 1. The van der Waals surface area contributed by atoms with Crippen LogP contribution in [-0.4, -0.2) is 25.5 Å². The smallest absolute Gasteiger partial charge is 0.293 e. The molecule has 0 fully saturated rings. The molecule has 0 unspecified atom stereocenters. The number of carbonyl (C=O) groups excluding carboxylic acids is 1. The van der Waals surface area contributed by atoms with E-state index < -0.39 is 5.56 Å². The van der Waals surface area contributed by atoms with Gasteiger partial charge in [-0.1, -0.05) is 30.3 Å². The number of nitrogens with one attached hydrogen (secondary N) is 1. The number of hydrogen-bond acceptors (Lipinski definition) is 4. The lowest BCUT2D eigenvalue weighted by molar-refractivity contribution is -0.122. The van der Waals surface area contributed by atoms with Crippen LogP contribution in [0.4, 0.5) is 4.39 Å². The van der Waals surface area contributed by atoms with E-state index in [1.807, 2.05) is 30.3 Å². The molecule has 2 aromatic carbocycles. The molecule has 4 aromatic rings. The number of rotatable bonds is 5. The largest absolute Gasteiger partial charge is 0.350 e. The van der Waals surface area contributed by atoms with Gasteiger partial charge in [-0.05, 0) is 36.8 Å². The summed E-state index contributed by atoms with van der Waals surface area (Å²) >= 11 is 0. The molecule has 0 aliphatic rings. The van der Waals surface area contributed by atoms with Gasteiger partial charge in [0, 0.05) is 11.9 Å². The Kier molecular flexibility index (Phi) is 4.90. The van der Waals surface area contributed by atoms with Crippen LogP contribution in [-0.2, 0) is 17.9 Å². The molecule has 0 saturated carbocycles. The molecule has 29 heavy (non-hydrogen) atoms.